The summed E-state index contributed by atoms with van der Waals surface area (Å²) >= 11 is 3.06. The molecule has 0 saturated carbocycles. The lowest BCUT2D eigenvalue weighted by atomic mass is 10.2. The molecule has 1 aromatic carbocycles. The van der Waals surface area contributed by atoms with E-state index in [1.165, 1.54) is 19.4 Å². The van der Waals surface area contributed by atoms with E-state index in [2.05, 4.69) is 30.6 Å². The number of nitrogens with zero attached hydrogens (tertiary/aromatic N) is 1. The van der Waals surface area contributed by atoms with Gasteiger partial charge in [0.1, 0.15) is 17.3 Å². The minimum absolute atomic E-state index is 0.228. The number of H-pyrrole nitrogens is 1. The van der Waals surface area contributed by atoms with Gasteiger partial charge >= 0.3 is 5.97 Å². The molecule has 0 radical (unpaired) electrons. The fourth-order valence-corrected chi connectivity index (χ4v) is 1.57. The Morgan fingerprint density at radius 2 is 2.29 bits per heavy atom. The van der Waals surface area contributed by atoms with Crippen LogP contribution >= 0.6 is 15.9 Å². The van der Waals surface area contributed by atoms with E-state index < -0.39 is 11.8 Å². The van der Waals surface area contributed by atoms with Crippen LogP contribution in [0.3, 0.4) is 0 Å². The summed E-state index contributed by atoms with van der Waals surface area (Å²) in [4.78, 5) is 18.0. The Kier molecular flexibility index (Phi) is 3.23. The van der Waals surface area contributed by atoms with Crippen molar-refractivity contribution in [2.75, 3.05) is 7.11 Å². The number of hydrogen-bond acceptors (Lipinski definition) is 3. The predicted molar refractivity (Wildman–Crippen MR) is 63.0 cm³/mol. The Hall–Kier alpha value is -1.69. The third-order valence-corrected chi connectivity index (χ3v) is 2.82. The standard InChI is InChI=1S/C11H8BrFN2O2/c1-17-11(16)9-5-14-10(15-9)6-2-3-7(12)8(13)4-6/h2-5H,1H3,(H,14,15). The number of rotatable bonds is 2. The topological polar surface area (TPSA) is 55.0 Å². The van der Waals surface area contributed by atoms with Gasteiger partial charge in [0.05, 0.1) is 17.8 Å². The number of nitrogens with one attached hydrogen (secondary N) is 1. The molecule has 0 aliphatic heterocycles. The van der Waals surface area contributed by atoms with Crippen molar-refractivity contribution in [1.82, 2.24) is 9.97 Å². The number of benzene rings is 1. The Morgan fingerprint density at radius 3 is 2.94 bits per heavy atom. The van der Waals surface area contributed by atoms with E-state index >= 15 is 0 Å². The van der Waals surface area contributed by atoms with Crippen LogP contribution in [-0.2, 0) is 4.74 Å². The van der Waals surface area contributed by atoms with Gasteiger partial charge in [-0.3, -0.25) is 0 Å². The number of ether oxygens (including phenoxy) is 1. The van der Waals surface area contributed by atoms with Crippen LogP contribution in [0, 0.1) is 5.82 Å². The maximum Gasteiger partial charge on any atom is 0.356 e. The molecule has 0 bridgehead atoms. The minimum atomic E-state index is -0.513. The van der Waals surface area contributed by atoms with Gasteiger partial charge in [-0.05, 0) is 34.1 Å². The van der Waals surface area contributed by atoms with Gasteiger partial charge in [0, 0.05) is 5.56 Å². The highest BCUT2D eigenvalue weighted by molar-refractivity contribution is 9.10. The van der Waals surface area contributed by atoms with E-state index in [9.17, 15) is 9.18 Å². The summed E-state index contributed by atoms with van der Waals surface area (Å²) in [6.07, 6.45) is 1.35. The summed E-state index contributed by atoms with van der Waals surface area (Å²) in [5.41, 5.74) is 0.784. The van der Waals surface area contributed by atoms with Crippen LogP contribution in [0.4, 0.5) is 4.39 Å². The van der Waals surface area contributed by atoms with Gasteiger partial charge in [-0.1, -0.05) is 0 Å². The molecule has 0 spiro atoms. The summed E-state index contributed by atoms with van der Waals surface area (Å²) < 4.78 is 18.2. The Balaban J connectivity index is 2.37. The molecule has 2 aromatic rings. The number of carbonyl (C=O) groups excluding carboxylic acids is 1. The molecule has 0 aliphatic rings. The second kappa shape index (κ2) is 4.67. The van der Waals surface area contributed by atoms with Gasteiger partial charge in [-0.25, -0.2) is 14.2 Å². The summed E-state index contributed by atoms with van der Waals surface area (Å²) in [6.45, 7) is 0. The quantitative estimate of drug-likeness (QED) is 0.868. The third-order valence-electron chi connectivity index (χ3n) is 2.17. The summed E-state index contributed by atoms with van der Waals surface area (Å²) in [5.74, 6) is -0.489. The molecule has 4 nitrogen and oxygen atoms in total. The normalized spacial score (nSPS) is 10.3. The Bertz CT molecular complexity index is 568. The van der Waals surface area contributed by atoms with Crippen molar-refractivity contribution in [2.45, 2.75) is 0 Å². The highest BCUT2D eigenvalue weighted by Crippen LogP contribution is 2.22. The van der Waals surface area contributed by atoms with Gasteiger partial charge < -0.3 is 9.72 Å². The van der Waals surface area contributed by atoms with E-state index in [-0.39, 0.29) is 5.69 Å². The summed E-state index contributed by atoms with van der Waals surface area (Å²) in [6, 6.07) is 4.59. The fraction of sp³-hybridized carbons (Fsp3) is 0.0909. The largest absolute Gasteiger partial charge is 0.464 e. The number of esters is 1. The molecule has 0 amide bonds. The van der Waals surface area contributed by atoms with E-state index in [4.69, 9.17) is 0 Å². The predicted octanol–water partition coefficient (Wildman–Crippen LogP) is 2.76. The molecule has 1 N–H and O–H groups in total. The first-order valence-corrected chi connectivity index (χ1v) is 5.50. The molecular weight excluding hydrogens is 291 g/mol. The fourth-order valence-electron chi connectivity index (χ4n) is 1.33. The zero-order valence-corrected chi connectivity index (χ0v) is 10.4. The lowest BCUT2D eigenvalue weighted by Gasteiger charge is -1.99. The molecule has 0 saturated heterocycles. The van der Waals surface area contributed by atoms with Gasteiger partial charge in [-0.15, -0.1) is 0 Å². The number of imidazole rings is 1. The average Bonchev–Trinajstić information content (AvgIpc) is 2.81. The zero-order valence-electron chi connectivity index (χ0n) is 8.83. The zero-order chi connectivity index (χ0) is 12.4. The first kappa shape index (κ1) is 11.8. The SMILES string of the molecule is COC(=O)c1cnc(-c2ccc(Br)c(F)c2)[nH]1. The van der Waals surface area contributed by atoms with Crippen molar-refractivity contribution in [3.63, 3.8) is 0 Å². The first-order chi connectivity index (χ1) is 8.11. The monoisotopic (exact) mass is 298 g/mol. The van der Waals surface area contributed by atoms with Gasteiger partial charge in [0.25, 0.3) is 0 Å². The van der Waals surface area contributed by atoms with Crippen molar-refractivity contribution in [1.29, 1.82) is 0 Å². The van der Waals surface area contributed by atoms with Crippen LogP contribution in [0.2, 0.25) is 0 Å². The van der Waals surface area contributed by atoms with E-state index in [1.807, 2.05) is 0 Å². The number of aromatic nitrogens is 2. The molecule has 1 heterocycles. The van der Waals surface area contributed by atoms with Crippen molar-refractivity contribution in [3.8, 4) is 11.4 Å². The average molecular weight is 299 g/mol. The van der Waals surface area contributed by atoms with Gasteiger partial charge in [0.2, 0.25) is 0 Å². The second-order valence-electron chi connectivity index (χ2n) is 3.27. The molecule has 0 atom stereocenters. The molecular formula is C11H8BrFN2O2. The van der Waals surface area contributed by atoms with Crippen molar-refractivity contribution in [3.05, 3.63) is 40.4 Å². The van der Waals surface area contributed by atoms with E-state index in [0.29, 0.717) is 15.9 Å². The van der Waals surface area contributed by atoms with Crippen LogP contribution < -0.4 is 0 Å². The minimum Gasteiger partial charge on any atom is -0.464 e. The van der Waals surface area contributed by atoms with Gasteiger partial charge in [0.15, 0.2) is 0 Å². The first-order valence-electron chi connectivity index (χ1n) is 4.70. The molecule has 0 aliphatic carbocycles. The van der Waals surface area contributed by atoms with Crippen molar-refractivity contribution >= 4 is 21.9 Å². The van der Waals surface area contributed by atoms with Crippen LogP contribution in [0.25, 0.3) is 11.4 Å². The maximum atomic E-state index is 13.3. The number of carbonyl (C=O) groups is 1. The van der Waals surface area contributed by atoms with E-state index in [1.54, 1.807) is 12.1 Å². The molecule has 17 heavy (non-hydrogen) atoms. The number of aromatic amines is 1. The van der Waals surface area contributed by atoms with Gasteiger partial charge in [-0.2, -0.15) is 0 Å². The van der Waals surface area contributed by atoms with Crippen LogP contribution in [-0.4, -0.2) is 23.0 Å². The lowest BCUT2D eigenvalue weighted by molar-refractivity contribution is 0.0595. The number of halogens is 2. The molecule has 1 aromatic heterocycles. The highest BCUT2D eigenvalue weighted by atomic mass is 79.9. The smallest absolute Gasteiger partial charge is 0.356 e. The van der Waals surface area contributed by atoms with E-state index in [0.717, 1.165) is 0 Å². The highest BCUT2D eigenvalue weighted by Gasteiger charge is 2.11. The number of methoxy groups -OCH3 is 1. The van der Waals surface area contributed by atoms with Crippen LogP contribution in [0.15, 0.2) is 28.9 Å². The lowest BCUT2D eigenvalue weighted by Crippen LogP contribution is -2.00. The molecule has 88 valence electrons. The molecule has 6 heteroatoms. The molecule has 0 fully saturated rings. The van der Waals surface area contributed by atoms with Crippen LogP contribution in [0.5, 0.6) is 0 Å². The molecule has 2 rings (SSSR count). The third kappa shape index (κ3) is 2.36. The number of hydrogen-bond donors (Lipinski definition) is 1. The van der Waals surface area contributed by atoms with Crippen LogP contribution in [0.1, 0.15) is 10.5 Å². The second-order valence-corrected chi connectivity index (χ2v) is 4.12. The van der Waals surface area contributed by atoms with Crippen molar-refractivity contribution < 1.29 is 13.9 Å². The summed E-state index contributed by atoms with van der Waals surface area (Å²) in [7, 11) is 1.28. The molecule has 0 unspecified atom stereocenters. The maximum absolute atomic E-state index is 13.3. The Labute approximate surface area is 105 Å². The Morgan fingerprint density at radius 1 is 1.53 bits per heavy atom. The van der Waals surface area contributed by atoms with Crippen molar-refractivity contribution in [2.24, 2.45) is 0 Å². The summed E-state index contributed by atoms with van der Waals surface area (Å²) in [5, 5.41) is 0.